The van der Waals surface area contributed by atoms with E-state index in [-0.39, 0.29) is 51.3 Å². The molecule has 0 radical (unpaired) electrons. The van der Waals surface area contributed by atoms with E-state index in [0.717, 1.165) is 0 Å². The SMILES string of the molecule is CCOC(=O)ON1CCN(C(=O)[C@H](CCC(=O)O)NC(=O)c2cc(NC(C)(C)COC)nc(-c3ccccc3)n2)CC1. The van der Waals surface area contributed by atoms with Gasteiger partial charge in [0.25, 0.3) is 5.91 Å². The molecular formula is C28H38N6O8. The summed E-state index contributed by atoms with van der Waals surface area (Å²) in [7, 11) is 1.58. The average Bonchev–Trinajstić information content (AvgIpc) is 2.95. The Labute approximate surface area is 244 Å². The Morgan fingerprint density at radius 1 is 1.07 bits per heavy atom. The number of piperazine rings is 1. The van der Waals surface area contributed by atoms with E-state index in [0.29, 0.717) is 23.8 Å². The highest BCUT2D eigenvalue weighted by atomic mass is 16.8. The molecule has 14 heteroatoms. The molecule has 3 rings (SSSR count). The summed E-state index contributed by atoms with van der Waals surface area (Å²) in [5, 5.41) is 16.6. The van der Waals surface area contributed by atoms with E-state index in [9.17, 15) is 24.3 Å². The maximum atomic E-state index is 13.5. The number of carbonyl (C=O) groups excluding carboxylic acids is 3. The summed E-state index contributed by atoms with van der Waals surface area (Å²) in [4.78, 5) is 65.5. The molecule has 3 N–H and O–H groups in total. The van der Waals surface area contributed by atoms with Gasteiger partial charge >= 0.3 is 12.1 Å². The zero-order chi connectivity index (χ0) is 30.7. The number of hydroxylamine groups is 2. The number of amides is 2. The van der Waals surface area contributed by atoms with Crippen molar-refractivity contribution in [2.45, 2.75) is 45.2 Å². The first-order valence-corrected chi connectivity index (χ1v) is 13.6. The highest BCUT2D eigenvalue weighted by Gasteiger charge is 2.31. The van der Waals surface area contributed by atoms with Gasteiger partial charge in [-0.25, -0.2) is 14.8 Å². The third-order valence-corrected chi connectivity index (χ3v) is 6.23. The molecule has 0 aliphatic carbocycles. The third kappa shape index (κ3) is 9.66. The van der Waals surface area contributed by atoms with Crippen molar-refractivity contribution >= 4 is 29.8 Å². The summed E-state index contributed by atoms with van der Waals surface area (Å²) in [6, 6.07) is 9.47. The lowest BCUT2D eigenvalue weighted by atomic mass is 10.1. The Bertz CT molecular complexity index is 1230. The average molecular weight is 587 g/mol. The van der Waals surface area contributed by atoms with Crippen LogP contribution in [0.2, 0.25) is 0 Å². The van der Waals surface area contributed by atoms with E-state index in [1.54, 1.807) is 14.0 Å². The van der Waals surface area contributed by atoms with Crippen molar-refractivity contribution < 1.29 is 38.6 Å². The standard InChI is InChI=1S/C28H38N6O8/c1-5-41-27(39)42-34-15-13-33(14-16-34)26(38)20(11-12-23(35)36)30-25(37)21-17-22(32-28(2,3)18-40-4)31-24(29-21)19-9-7-6-8-10-19/h6-10,17,20H,5,11-16,18H2,1-4H3,(H,30,37)(H,35,36)(H,29,31,32)/t20-/m0/s1. The van der Waals surface area contributed by atoms with Crippen LogP contribution in [0.3, 0.4) is 0 Å². The Balaban J connectivity index is 1.81. The van der Waals surface area contributed by atoms with E-state index in [1.807, 2.05) is 44.2 Å². The number of anilines is 1. The van der Waals surface area contributed by atoms with Crippen LogP contribution in [0.4, 0.5) is 10.6 Å². The molecule has 42 heavy (non-hydrogen) atoms. The summed E-state index contributed by atoms with van der Waals surface area (Å²) >= 11 is 0. The molecule has 1 fully saturated rings. The summed E-state index contributed by atoms with van der Waals surface area (Å²) in [5.41, 5.74) is 0.158. The molecule has 1 saturated heterocycles. The normalized spacial score (nSPS) is 14.5. The summed E-state index contributed by atoms with van der Waals surface area (Å²) < 4.78 is 10.1. The number of nitrogens with one attached hydrogen (secondary N) is 2. The molecule has 0 spiro atoms. The van der Waals surface area contributed by atoms with Crippen LogP contribution in [0.5, 0.6) is 0 Å². The second kappa shape index (κ2) is 15.1. The van der Waals surface area contributed by atoms with Crippen molar-refractivity contribution in [2.75, 3.05) is 51.8 Å². The number of benzene rings is 1. The Hall–Kier alpha value is -4.30. The first-order chi connectivity index (χ1) is 20.0. The van der Waals surface area contributed by atoms with Crippen LogP contribution < -0.4 is 10.6 Å². The van der Waals surface area contributed by atoms with Gasteiger partial charge in [-0.2, -0.15) is 0 Å². The Morgan fingerprint density at radius 3 is 2.38 bits per heavy atom. The van der Waals surface area contributed by atoms with Crippen LogP contribution in [-0.2, 0) is 23.9 Å². The number of ether oxygens (including phenoxy) is 2. The van der Waals surface area contributed by atoms with E-state index < -0.39 is 35.5 Å². The molecule has 2 aromatic rings. The molecule has 1 aromatic carbocycles. The van der Waals surface area contributed by atoms with Gasteiger partial charge in [0.2, 0.25) is 5.91 Å². The third-order valence-electron chi connectivity index (χ3n) is 6.23. The van der Waals surface area contributed by atoms with E-state index in [4.69, 9.17) is 14.3 Å². The van der Waals surface area contributed by atoms with Gasteiger partial charge in [0.1, 0.15) is 17.6 Å². The molecular weight excluding hydrogens is 548 g/mol. The van der Waals surface area contributed by atoms with Crippen molar-refractivity contribution in [2.24, 2.45) is 0 Å². The number of hydrogen-bond donors (Lipinski definition) is 3. The predicted molar refractivity (Wildman–Crippen MR) is 151 cm³/mol. The van der Waals surface area contributed by atoms with Crippen molar-refractivity contribution in [3.8, 4) is 11.4 Å². The van der Waals surface area contributed by atoms with Gasteiger partial charge in [0.05, 0.1) is 31.8 Å². The maximum Gasteiger partial charge on any atom is 0.527 e. The Kier molecular flexibility index (Phi) is 11.6. The van der Waals surface area contributed by atoms with E-state index >= 15 is 0 Å². The minimum absolute atomic E-state index is 0.000325. The molecule has 1 aliphatic heterocycles. The number of aromatic nitrogens is 2. The molecule has 2 amide bonds. The smallest absolute Gasteiger partial charge is 0.481 e. The number of carbonyl (C=O) groups is 4. The highest BCUT2D eigenvalue weighted by Crippen LogP contribution is 2.21. The molecule has 14 nitrogen and oxygen atoms in total. The Morgan fingerprint density at radius 2 is 1.76 bits per heavy atom. The molecule has 0 bridgehead atoms. The summed E-state index contributed by atoms with van der Waals surface area (Å²) in [5.74, 6) is -1.53. The fourth-order valence-electron chi connectivity index (χ4n) is 4.31. The van der Waals surface area contributed by atoms with Gasteiger partial charge in [-0.15, -0.1) is 5.06 Å². The lowest BCUT2D eigenvalue weighted by molar-refractivity contribution is -0.157. The quantitative estimate of drug-likeness (QED) is 0.293. The number of rotatable bonds is 13. The number of hydrogen-bond acceptors (Lipinski definition) is 11. The maximum absolute atomic E-state index is 13.5. The summed E-state index contributed by atoms with van der Waals surface area (Å²) in [6.07, 6.45) is -1.29. The second-order valence-electron chi connectivity index (χ2n) is 10.3. The van der Waals surface area contributed by atoms with Crippen molar-refractivity contribution in [1.29, 1.82) is 0 Å². The zero-order valence-electron chi connectivity index (χ0n) is 24.3. The van der Waals surface area contributed by atoms with E-state index in [2.05, 4.69) is 20.6 Å². The summed E-state index contributed by atoms with van der Waals surface area (Å²) in [6.45, 7) is 6.88. The van der Waals surface area contributed by atoms with Gasteiger partial charge in [-0.05, 0) is 27.2 Å². The minimum atomic E-state index is -1.12. The molecule has 1 aliphatic rings. The van der Waals surface area contributed by atoms with Crippen LogP contribution in [0, 0.1) is 0 Å². The highest BCUT2D eigenvalue weighted by molar-refractivity contribution is 5.97. The number of carboxylic acids is 1. The van der Waals surface area contributed by atoms with Crippen LogP contribution in [0.15, 0.2) is 36.4 Å². The predicted octanol–water partition coefficient (Wildman–Crippen LogP) is 2.18. The van der Waals surface area contributed by atoms with Gasteiger partial charge in [-0.3, -0.25) is 14.4 Å². The lowest BCUT2D eigenvalue weighted by Gasteiger charge is -2.35. The van der Waals surface area contributed by atoms with Gasteiger partial charge < -0.3 is 35.0 Å². The number of methoxy groups -OCH3 is 1. The molecule has 228 valence electrons. The second-order valence-corrected chi connectivity index (χ2v) is 10.3. The van der Waals surface area contributed by atoms with Crippen molar-refractivity contribution in [1.82, 2.24) is 25.2 Å². The van der Waals surface area contributed by atoms with Crippen molar-refractivity contribution in [3.63, 3.8) is 0 Å². The lowest BCUT2D eigenvalue weighted by Crippen LogP contribution is -2.55. The van der Waals surface area contributed by atoms with Gasteiger partial charge in [0, 0.05) is 38.2 Å². The largest absolute Gasteiger partial charge is 0.527 e. The fraction of sp³-hybridized carbons (Fsp3) is 0.500. The first kappa shape index (κ1) is 32.2. The molecule has 0 unspecified atom stereocenters. The van der Waals surface area contributed by atoms with Crippen LogP contribution in [-0.4, -0.2) is 107 Å². The van der Waals surface area contributed by atoms with Gasteiger partial charge in [0.15, 0.2) is 5.82 Å². The topological polar surface area (TPSA) is 173 Å². The molecule has 1 aromatic heterocycles. The van der Waals surface area contributed by atoms with Gasteiger partial charge in [-0.1, -0.05) is 30.3 Å². The molecule has 2 heterocycles. The fourth-order valence-corrected chi connectivity index (χ4v) is 4.31. The number of carboxylic acid groups (broad SMARTS) is 1. The first-order valence-electron chi connectivity index (χ1n) is 13.6. The van der Waals surface area contributed by atoms with E-state index in [1.165, 1.54) is 16.0 Å². The number of nitrogens with zero attached hydrogens (tertiary/aromatic N) is 4. The van der Waals surface area contributed by atoms with Crippen LogP contribution in [0.1, 0.15) is 44.1 Å². The number of aliphatic carboxylic acids is 1. The molecule has 1 atom stereocenters. The monoisotopic (exact) mass is 586 g/mol. The minimum Gasteiger partial charge on any atom is -0.481 e. The van der Waals surface area contributed by atoms with Crippen LogP contribution >= 0.6 is 0 Å². The van der Waals surface area contributed by atoms with Crippen LogP contribution in [0.25, 0.3) is 11.4 Å². The molecule has 0 saturated carbocycles. The zero-order valence-corrected chi connectivity index (χ0v) is 24.3. The van der Waals surface area contributed by atoms with Crippen molar-refractivity contribution in [3.05, 3.63) is 42.1 Å².